The lowest BCUT2D eigenvalue weighted by molar-refractivity contribution is -0.134. The molecule has 0 saturated heterocycles. The summed E-state index contributed by atoms with van der Waals surface area (Å²) < 4.78 is 4.57. The third kappa shape index (κ3) is 3.79. The van der Waals surface area contributed by atoms with Crippen molar-refractivity contribution in [1.82, 2.24) is 0 Å². The molecular formula is C19H16O3. The van der Waals surface area contributed by atoms with Gasteiger partial charge in [0.1, 0.15) is 0 Å². The molecule has 2 aromatic carbocycles. The number of allylic oxidation sites excluding steroid dienone is 2. The molecule has 2 aromatic rings. The molecule has 0 radical (unpaired) electrons. The van der Waals surface area contributed by atoms with Crippen molar-refractivity contribution >= 4 is 17.8 Å². The van der Waals surface area contributed by atoms with Crippen molar-refractivity contribution in [2.45, 2.75) is 0 Å². The van der Waals surface area contributed by atoms with Crippen LogP contribution in [-0.2, 0) is 14.3 Å². The van der Waals surface area contributed by atoms with Gasteiger partial charge in [-0.05, 0) is 22.8 Å². The fourth-order valence-electron chi connectivity index (χ4n) is 2.12. The number of esters is 1. The lowest BCUT2D eigenvalue weighted by Gasteiger charge is -2.10. The number of carbonyl (C=O) groups excluding carboxylic acids is 2. The van der Waals surface area contributed by atoms with E-state index in [1.807, 2.05) is 60.7 Å². The third-order valence-corrected chi connectivity index (χ3v) is 3.14. The molecule has 0 unspecified atom stereocenters. The summed E-state index contributed by atoms with van der Waals surface area (Å²) in [5.74, 6) is -0.500. The number of benzene rings is 2. The first-order valence-electron chi connectivity index (χ1n) is 6.82. The monoisotopic (exact) mass is 292 g/mol. The summed E-state index contributed by atoms with van der Waals surface area (Å²) >= 11 is 0. The van der Waals surface area contributed by atoms with E-state index in [2.05, 4.69) is 4.74 Å². The molecule has 3 nitrogen and oxygen atoms in total. The largest absolute Gasteiger partial charge is 0.466 e. The molecule has 0 aliphatic carbocycles. The SMILES string of the molecule is COC(=O)C=CC(C=O)=C(c1ccccc1)c1ccccc1. The fourth-order valence-corrected chi connectivity index (χ4v) is 2.12. The van der Waals surface area contributed by atoms with Crippen LogP contribution in [0.2, 0.25) is 0 Å². The van der Waals surface area contributed by atoms with Crippen LogP contribution in [-0.4, -0.2) is 19.4 Å². The standard InChI is InChI=1S/C19H16O3/c1-22-18(21)13-12-17(14-20)19(15-8-4-2-5-9-15)16-10-6-3-7-11-16/h2-14H,1H3. The molecule has 0 aliphatic rings. The van der Waals surface area contributed by atoms with Crippen LogP contribution in [0.15, 0.2) is 78.4 Å². The van der Waals surface area contributed by atoms with Gasteiger partial charge in [0.15, 0.2) is 6.29 Å². The maximum atomic E-state index is 11.5. The molecule has 22 heavy (non-hydrogen) atoms. The van der Waals surface area contributed by atoms with Crippen LogP contribution < -0.4 is 0 Å². The Bertz CT molecular complexity index is 656. The average molecular weight is 292 g/mol. The van der Waals surface area contributed by atoms with Gasteiger partial charge in [0.2, 0.25) is 0 Å². The Hall–Kier alpha value is -2.94. The van der Waals surface area contributed by atoms with Gasteiger partial charge in [-0.3, -0.25) is 4.79 Å². The number of carbonyl (C=O) groups is 2. The van der Waals surface area contributed by atoms with Gasteiger partial charge in [0.25, 0.3) is 0 Å². The second-order valence-electron chi connectivity index (χ2n) is 4.54. The van der Waals surface area contributed by atoms with Crippen molar-refractivity contribution in [3.8, 4) is 0 Å². The van der Waals surface area contributed by atoms with E-state index in [4.69, 9.17) is 0 Å². The second kappa shape index (κ2) is 7.74. The molecule has 0 heterocycles. The molecule has 0 atom stereocenters. The smallest absolute Gasteiger partial charge is 0.330 e. The molecule has 0 amide bonds. The van der Waals surface area contributed by atoms with Gasteiger partial charge in [0, 0.05) is 11.6 Å². The van der Waals surface area contributed by atoms with Crippen LogP contribution in [0, 0.1) is 0 Å². The van der Waals surface area contributed by atoms with E-state index >= 15 is 0 Å². The molecule has 0 N–H and O–H groups in total. The Morgan fingerprint density at radius 1 is 0.864 bits per heavy atom. The Morgan fingerprint density at radius 2 is 1.36 bits per heavy atom. The molecule has 0 spiro atoms. The number of hydrogen-bond donors (Lipinski definition) is 0. The topological polar surface area (TPSA) is 43.4 Å². The van der Waals surface area contributed by atoms with Crippen molar-refractivity contribution < 1.29 is 14.3 Å². The zero-order chi connectivity index (χ0) is 15.8. The Kier molecular flexibility index (Phi) is 5.44. The third-order valence-electron chi connectivity index (χ3n) is 3.14. The van der Waals surface area contributed by atoms with E-state index in [0.29, 0.717) is 5.57 Å². The Morgan fingerprint density at radius 3 is 1.77 bits per heavy atom. The molecule has 2 rings (SSSR count). The van der Waals surface area contributed by atoms with E-state index in [1.54, 1.807) is 0 Å². The lowest BCUT2D eigenvalue weighted by Crippen LogP contribution is -1.97. The molecule has 3 heteroatoms. The molecular weight excluding hydrogens is 276 g/mol. The summed E-state index contributed by atoms with van der Waals surface area (Å²) in [7, 11) is 1.30. The highest BCUT2D eigenvalue weighted by molar-refractivity contribution is 5.98. The van der Waals surface area contributed by atoms with E-state index in [-0.39, 0.29) is 0 Å². The fraction of sp³-hybridized carbons (Fsp3) is 0.0526. The van der Waals surface area contributed by atoms with E-state index in [1.165, 1.54) is 19.3 Å². The summed E-state index contributed by atoms with van der Waals surface area (Å²) in [6.45, 7) is 0. The van der Waals surface area contributed by atoms with Gasteiger partial charge in [-0.15, -0.1) is 0 Å². The Balaban J connectivity index is 2.60. The number of rotatable bonds is 5. The maximum Gasteiger partial charge on any atom is 0.330 e. The van der Waals surface area contributed by atoms with Crippen LogP contribution in [0.5, 0.6) is 0 Å². The van der Waals surface area contributed by atoms with E-state index in [0.717, 1.165) is 23.0 Å². The van der Waals surface area contributed by atoms with Gasteiger partial charge >= 0.3 is 5.97 Å². The van der Waals surface area contributed by atoms with Crippen LogP contribution >= 0.6 is 0 Å². The van der Waals surface area contributed by atoms with E-state index < -0.39 is 5.97 Å². The van der Waals surface area contributed by atoms with Crippen LogP contribution in [0.1, 0.15) is 11.1 Å². The van der Waals surface area contributed by atoms with Crippen LogP contribution in [0.25, 0.3) is 5.57 Å². The Labute approximate surface area is 129 Å². The van der Waals surface area contributed by atoms with Crippen molar-refractivity contribution in [2.75, 3.05) is 7.11 Å². The van der Waals surface area contributed by atoms with Crippen molar-refractivity contribution in [2.24, 2.45) is 0 Å². The zero-order valence-electron chi connectivity index (χ0n) is 12.2. The van der Waals surface area contributed by atoms with Crippen molar-refractivity contribution in [3.63, 3.8) is 0 Å². The minimum Gasteiger partial charge on any atom is -0.466 e. The lowest BCUT2D eigenvalue weighted by atomic mass is 9.93. The predicted octanol–water partition coefficient (Wildman–Crippen LogP) is 3.42. The second-order valence-corrected chi connectivity index (χ2v) is 4.54. The molecule has 0 aromatic heterocycles. The number of methoxy groups -OCH3 is 1. The molecule has 0 bridgehead atoms. The quantitative estimate of drug-likeness (QED) is 0.367. The van der Waals surface area contributed by atoms with E-state index in [9.17, 15) is 9.59 Å². The summed E-state index contributed by atoms with van der Waals surface area (Å²) in [6, 6.07) is 19.2. The summed E-state index contributed by atoms with van der Waals surface area (Å²) in [5.41, 5.74) is 3.01. The normalized spacial score (nSPS) is 10.2. The van der Waals surface area contributed by atoms with Crippen molar-refractivity contribution in [3.05, 3.63) is 89.5 Å². The minimum atomic E-state index is -0.500. The summed E-state index contributed by atoms with van der Waals surface area (Å²) in [4.78, 5) is 22.8. The predicted molar refractivity (Wildman–Crippen MR) is 86.1 cm³/mol. The number of aldehydes is 1. The molecule has 110 valence electrons. The first kappa shape index (κ1) is 15.4. The van der Waals surface area contributed by atoms with Gasteiger partial charge in [0.05, 0.1) is 7.11 Å². The first-order chi connectivity index (χ1) is 10.8. The van der Waals surface area contributed by atoms with Crippen LogP contribution in [0.4, 0.5) is 0 Å². The summed E-state index contributed by atoms with van der Waals surface area (Å²) in [6.07, 6.45) is 3.47. The maximum absolute atomic E-state index is 11.5. The molecule has 0 fully saturated rings. The highest BCUT2D eigenvalue weighted by atomic mass is 16.5. The number of ether oxygens (including phenoxy) is 1. The first-order valence-corrected chi connectivity index (χ1v) is 6.82. The zero-order valence-corrected chi connectivity index (χ0v) is 12.2. The van der Waals surface area contributed by atoms with Gasteiger partial charge in [-0.25, -0.2) is 4.79 Å². The van der Waals surface area contributed by atoms with Gasteiger partial charge in [-0.1, -0.05) is 60.7 Å². The van der Waals surface area contributed by atoms with Gasteiger partial charge in [-0.2, -0.15) is 0 Å². The van der Waals surface area contributed by atoms with Crippen molar-refractivity contribution in [1.29, 1.82) is 0 Å². The molecule has 0 saturated carbocycles. The van der Waals surface area contributed by atoms with Gasteiger partial charge < -0.3 is 4.74 Å². The highest BCUT2D eigenvalue weighted by Gasteiger charge is 2.10. The van der Waals surface area contributed by atoms with Crippen LogP contribution in [0.3, 0.4) is 0 Å². The minimum absolute atomic E-state index is 0.419. The average Bonchev–Trinajstić information content (AvgIpc) is 2.59. The summed E-state index contributed by atoms with van der Waals surface area (Å²) in [5, 5.41) is 0. The highest BCUT2D eigenvalue weighted by Crippen LogP contribution is 2.26. The molecule has 0 aliphatic heterocycles. The number of hydrogen-bond acceptors (Lipinski definition) is 3.